The van der Waals surface area contributed by atoms with Gasteiger partial charge in [0.05, 0.1) is 0 Å². The Bertz CT molecular complexity index is 542. The molecule has 0 amide bonds. The second kappa shape index (κ2) is 7.69. The third-order valence-corrected chi connectivity index (χ3v) is 6.74. The first-order chi connectivity index (χ1) is 10.0. The third kappa shape index (κ3) is 4.75. The summed E-state index contributed by atoms with van der Waals surface area (Å²) in [6.07, 6.45) is 3.29. The quantitative estimate of drug-likeness (QED) is 0.711. The van der Waals surface area contributed by atoms with Crippen molar-refractivity contribution in [2.45, 2.75) is 43.0 Å². The van der Waals surface area contributed by atoms with Crippen LogP contribution in [0.15, 0.2) is 15.7 Å². The number of nitrogens with one attached hydrogen (secondary N) is 2. The van der Waals surface area contributed by atoms with Gasteiger partial charge in [0, 0.05) is 19.1 Å². The Labute approximate surface area is 131 Å². The minimum Gasteiger partial charge on any atom is -0.313 e. The van der Waals surface area contributed by atoms with Gasteiger partial charge in [0.25, 0.3) is 0 Å². The maximum atomic E-state index is 12.3. The van der Waals surface area contributed by atoms with Crippen LogP contribution in [0.4, 0.5) is 0 Å². The smallest absolute Gasteiger partial charge is 0.250 e. The zero-order valence-electron chi connectivity index (χ0n) is 12.8. The molecule has 1 aliphatic rings. The van der Waals surface area contributed by atoms with Gasteiger partial charge in [-0.3, -0.25) is 0 Å². The SMILES string of the molecule is CCCNCc1csc(S(=O)(=O)NCC2CCCN2C)c1. The number of likely N-dealkylation sites (N-methyl/N-ethyl adjacent to an activating group) is 1. The average Bonchev–Trinajstić information content (AvgIpc) is 3.06. The van der Waals surface area contributed by atoms with Gasteiger partial charge in [-0.2, -0.15) is 0 Å². The van der Waals surface area contributed by atoms with Crippen LogP contribution in [0.5, 0.6) is 0 Å². The molecule has 0 bridgehead atoms. The maximum Gasteiger partial charge on any atom is 0.250 e. The number of nitrogens with zero attached hydrogens (tertiary/aromatic N) is 1. The minimum atomic E-state index is -3.37. The van der Waals surface area contributed by atoms with E-state index in [1.807, 2.05) is 5.38 Å². The van der Waals surface area contributed by atoms with Gasteiger partial charge in [0.2, 0.25) is 10.0 Å². The van der Waals surface area contributed by atoms with Crippen LogP contribution in [0.1, 0.15) is 31.7 Å². The fraction of sp³-hybridized carbons (Fsp3) is 0.714. The first-order valence-electron chi connectivity index (χ1n) is 7.51. The molecule has 0 radical (unpaired) electrons. The van der Waals surface area contributed by atoms with E-state index in [0.29, 0.717) is 16.8 Å². The van der Waals surface area contributed by atoms with Crippen LogP contribution >= 0.6 is 11.3 Å². The topological polar surface area (TPSA) is 61.4 Å². The van der Waals surface area contributed by atoms with E-state index in [4.69, 9.17) is 0 Å². The van der Waals surface area contributed by atoms with Gasteiger partial charge in [-0.1, -0.05) is 6.92 Å². The Morgan fingerprint density at radius 1 is 1.48 bits per heavy atom. The monoisotopic (exact) mass is 331 g/mol. The molecule has 7 heteroatoms. The molecule has 1 unspecified atom stereocenters. The van der Waals surface area contributed by atoms with Gasteiger partial charge in [-0.15, -0.1) is 11.3 Å². The van der Waals surface area contributed by atoms with Gasteiger partial charge >= 0.3 is 0 Å². The van der Waals surface area contributed by atoms with Crippen molar-refractivity contribution in [3.05, 3.63) is 17.0 Å². The van der Waals surface area contributed by atoms with Gasteiger partial charge in [0.15, 0.2) is 0 Å². The summed E-state index contributed by atoms with van der Waals surface area (Å²) in [6.45, 7) is 5.34. The number of sulfonamides is 1. The van der Waals surface area contributed by atoms with E-state index in [1.54, 1.807) is 6.07 Å². The van der Waals surface area contributed by atoms with Gasteiger partial charge in [-0.05, 0) is 56.4 Å². The van der Waals surface area contributed by atoms with Crippen LogP contribution in [0.2, 0.25) is 0 Å². The largest absolute Gasteiger partial charge is 0.313 e. The van der Waals surface area contributed by atoms with Gasteiger partial charge in [-0.25, -0.2) is 13.1 Å². The Hall–Kier alpha value is -0.470. The molecule has 1 fully saturated rings. The molecule has 0 saturated carbocycles. The van der Waals surface area contributed by atoms with E-state index in [2.05, 4.69) is 28.9 Å². The molecule has 2 rings (SSSR count). The lowest BCUT2D eigenvalue weighted by molar-refractivity contribution is 0.311. The zero-order valence-corrected chi connectivity index (χ0v) is 14.4. The first kappa shape index (κ1) is 16.9. The van der Waals surface area contributed by atoms with Crippen molar-refractivity contribution in [2.75, 3.05) is 26.7 Å². The molecule has 0 aliphatic carbocycles. The molecule has 1 aromatic heterocycles. The Kier molecular flexibility index (Phi) is 6.19. The molecule has 120 valence electrons. The molecule has 0 aromatic carbocycles. The maximum absolute atomic E-state index is 12.3. The molecule has 21 heavy (non-hydrogen) atoms. The molecule has 1 aromatic rings. The van der Waals surface area contributed by atoms with Crippen molar-refractivity contribution in [1.82, 2.24) is 14.9 Å². The first-order valence-corrected chi connectivity index (χ1v) is 9.87. The van der Waals surface area contributed by atoms with Crippen LogP contribution in [-0.4, -0.2) is 46.0 Å². The summed E-state index contributed by atoms with van der Waals surface area (Å²) in [7, 11) is -1.32. The number of hydrogen-bond acceptors (Lipinski definition) is 5. The lowest BCUT2D eigenvalue weighted by atomic mass is 10.2. The predicted molar refractivity (Wildman–Crippen MR) is 87.2 cm³/mol. The minimum absolute atomic E-state index is 0.324. The molecule has 0 spiro atoms. The fourth-order valence-corrected chi connectivity index (χ4v) is 4.84. The molecule has 1 atom stereocenters. The highest BCUT2D eigenvalue weighted by molar-refractivity contribution is 7.91. The highest BCUT2D eigenvalue weighted by Gasteiger charge is 2.24. The average molecular weight is 332 g/mol. The Morgan fingerprint density at radius 3 is 2.95 bits per heavy atom. The Morgan fingerprint density at radius 2 is 2.29 bits per heavy atom. The molecule has 2 heterocycles. The lowest BCUT2D eigenvalue weighted by Crippen LogP contribution is -2.37. The van der Waals surface area contributed by atoms with E-state index >= 15 is 0 Å². The van der Waals surface area contributed by atoms with E-state index in [-0.39, 0.29) is 0 Å². The van der Waals surface area contributed by atoms with Crippen LogP contribution in [0.25, 0.3) is 0 Å². The van der Waals surface area contributed by atoms with Crippen LogP contribution in [0, 0.1) is 0 Å². The summed E-state index contributed by atoms with van der Waals surface area (Å²) in [6, 6.07) is 2.10. The van der Waals surface area contributed by atoms with Crippen LogP contribution in [0.3, 0.4) is 0 Å². The molecular formula is C14H25N3O2S2. The molecule has 1 saturated heterocycles. The summed E-state index contributed by atoms with van der Waals surface area (Å²) >= 11 is 1.29. The standard InChI is InChI=1S/C14H25N3O2S2/c1-3-6-15-9-12-8-14(20-11-12)21(18,19)16-10-13-5-4-7-17(13)2/h8,11,13,15-16H,3-7,9-10H2,1-2H3. The summed E-state index contributed by atoms with van der Waals surface area (Å²) in [5.41, 5.74) is 1.03. The summed E-state index contributed by atoms with van der Waals surface area (Å²) in [5, 5.41) is 5.20. The lowest BCUT2D eigenvalue weighted by Gasteiger charge is -2.19. The second-order valence-corrected chi connectivity index (χ2v) is 8.48. The third-order valence-electron chi connectivity index (χ3n) is 3.83. The molecule has 1 aliphatic heterocycles. The van der Waals surface area contributed by atoms with Gasteiger partial charge < -0.3 is 10.2 Å². The molecule has 5 nitrogen and oxygen atoms in total. The summed E-state index contributed by atoms with van der Waals surface area (Å²) < 4.78 is 27.8. The van der Waals surface area contributed by atoms with Crippen molar-refractivity contribution in [3.63, 3.8) is 0 Å². The number of thiophene rings is 1. The van der Waals surface area contributed by atoms with Crippen molar-refractivity contribution in [1.29, 1.82) is 0 Å². The van der Waals surface area contributed by atoms with E-state index in [9.17, 15) is 8.42 Å². The fourth-order valence-electron chi connectivity index (χ4n) is 2.51. The Balaban J connectivity index is 1.89. The van der Waals surface area contributed by atoms with E-state index in [1.165, 1.54) is 11.3 Å². The van der Waals surface area contributed by atoms with Crippen molar-refractivity contribution in [3.8, 4) is 0 Å². The van der Waals surface area contributed by atoms with Crippen LogP contribution in [-0.2, 0) is 16.6 Å². The summed E-state index contributed by atoms with van der Waals surface area (Å²) in [4.78, 5) is 2.22. The highest BCUT2D eigenvalue weighted by Crippen LogP contribution is 2.21. The predicted octanol–water partition coefficient (Wildman–Crippen LogP) is 1.62. The zero-order chi connectivity index (χ0) is 15.3. The van der Waals surface area contributed by atoms with Crippen molar-refractivity contribution < 1.29 is 8.42 Å². The van der Waals surface area contributed by atoms with Gasteiger partial charge in [0.1, 0.15) is 4.21 Å². The number of hydrogen-bond donors (Lipinski definition) is 2. The van der Waals surface area contributed by atoms with Crippen LogP contribution < -0.4 is 10.0 Å². The van der Waals surface area contributed by atoms with Crippen molar-refractivity contribution >= 4 is 21.4 Å². The number of rotatable bonds is 8. The molecule has 2 N–H and O–H groups in total. The highest BCUT2D eigenvalue weighted by atomic mass is 32.2. The van der Waals surface area contributed by atoms with Crippen molar-refractivity contribution in [2.24, 2.45) is 0 Å². The normalized spacial score (nSPS) is 20.2. The summed E-state index contributed by atoms with van der Waals surface area (Å²) in [5.74, 6) is 0. The van der Waals surface area contributed by atoms with E-state index in [0.717, 1.165) is 44.5 Å². The number of likely N-dealkylation sites (tertiary alicyclic amines) is 1. The van der Waals surface area contributed by atoms with E-state index < -0.39 is 10.0 Å². The molecular weight excluding hydrogens is 306 g/mol. The second-order valence-electron chi connectivity index (χ2n) is 5.58.